The van der Waals surface area contributed by atoms with E-state index in [-0.39, 0.29) is 5.41 Å². The molecule has 1 saturated carbocycles. The summed E-state index contributed by atoms with van der Waals surface area (Å²) in [5.41, 5.74) is 5.69. The summed E-state index contributed by atoms with van der Waals surface area (Å²) in [7, 11) is 3.63. The predicted octanol–water partition coefficient (Wildman–Crippen LogP) is 5.23. The van der Waals surface area contributed by atoms with E-state index in [4.69, 9.17) is 19.3 Å². The number of anilines is 2. The van der Waals surface area contributed by atoms with Gasteiger partial charge >= 0.3 is 0 Å². The summed E-state index contributed by atoms with van der Waals surface area (Å²) in [4.78, 5) is 12.9. The van der Waals surface area contributed by atoms with Crippen molar-refractivity contribution >= 4 is 33.6 Å². The fraction of sp³-hybridized carbons (Fsp3) is 0.360. The molecular formula is C25H27N7O2. The van der Waals surface area contributed by atoms with Crippen molar-refractivity contribution in [2.75, 3.05) is 12.4 Å². The number of hydrogen-bond donors (Lipinski definition) is 2. The Balaban J connectivity index is 1.53. The van der Waals surface area contributed by atoms with Gasteiger partial charge in [-0.25, -0.2) is 9.97 Å². The molecule has 1 aromatic carbocycles. The lowest BCUT2D eigenvalue weighted by molar-refractivity contribution is 0.393. The molecule has 0 aliphatic heterocycles. The Labute approximate surface area is 196 Å². The van der Waals surface area contributed by atoms with Gasteiger partial charge in [-0.1, -0.05) is 12.1 Å². The second kappa shape index (κ2) is 7.06. The summed E-state index contributed by atoms with van der Waals surface area (Å²) in [6.45, 7) is 7.99. The summed E-state index contributed by atoms with van der Waals surface area (Å²) < 4.78 is 13.1. The zero-order valence-corrected chi connectivity index (χ0v) is 20.2. The van der Waals surface area contributed by atoms with Crippen LogP contribution < -0.4 is 10.1 Å². The van der Waals surface area contributed by atoms with Gasteiger partial charge in [-0.05, 0) is 45.7 Å². The molecule has 34 heavy (non-hydrogen) atoms. The Hall–Kier alpha value is -3.88. The van der Waals surface area contributed by atoms with E-state index >= 15 is 0 Å². The van der Waals surface area contributed by atoms with Crippen LogP contribution in [0.4, 0.5) is 11.6 Å². The van der Waals surface area contributed by atoms with Crippen LogP contribution >= 0.6 is 0 Å². The first-order chi connectivity index (χ1) is 16.3. The van der Waals surface area contributed by atoms with Crippen LogP contribution in [0, 0.1) is 20.8 Å². The highest BCUT2D eigenvalue weighted by Crippen LogP contribution is 2.47. The van der Waals surface area contributed by atoms with Crippen LogP contribution in [0.3, 0.4) is 0 Å². The van der Waals surface area contributed by atoms with E-state index in [0.717, 1.165) is 67.6 Å². The summed E-state index contributed by atoms with van der Waals surface area (Å²) >= 11 is 0. The minimum atomic E-state index is 0.192. The number of benzene rings is 1. The van der Waals surface area contributed by atoms with E-state index in [2.05, 4.69) is 39.5 Å². The van der Waals surface area contributed by atoms with Gasteiger partial charge in [0.1, 0.15) is 34.6 Å². The molecule has 0 unspecified atom stereocenters. The van der Waals surface area contributed by atoms with Gasteiger partial charge in [-0.2, -0.15) is 5.10 Å². The molecule has 1 fully saturated rings. The average Bonchev–Trinajstić information content (AvgIpc) is 3.10. The third-order valence-electron chi connectivity index (χ3n) is 6.93. The first-order valence-electron chi connectivity index (χ1n) is 11.4. The summed E-state index contributed by atoms with van der Waals surface area (Å²) in [6, 6.07) is 6.22. The molecule has 0 amide bonds. The number of nitrogens with one attached hydrogen (secondary N) is 2. The summed E-state index contributed by atoms with van der Waals surface area (Å²) in [5.74, 6) is 3.79. The number of aryl methyl sites for hydroxylation is 4. The normalized spacial score (nSPS) is 14.8. The lowest BCUT2D eigenvalue weighted by Gasteiger charge is -2.10. The van der Waals surface area contributed by atoms with Gasteiger partial charge in [0.25, 0.3) is 0 Å². The van der Waals surface area contributed by atoms with E-state index in [1.54, 1.807) is 7.11 Å². The van der Waals surface area contributed by atoms with E-state index in [0.29, 0.717) is 5.82 Å². The highest BCUT2D eigenvalue weighted by Gasteiger charge is 2.41. The van der Waals surface area contributed by atoms with Crippen molar-refractivity contribution in [2.45, 2.75) is 46.0 Å². The zero-order chi connectivity index (χ0) is 23.8. The minimum Gasteiger partial charge on any atom is -0.496 e. The highest BCUT2D eigenvalue weighted by molar-refractivity contribution is 6.13. The van der Waals surface area contributed by atoms with Crippen LogP contribution in [0.15, 0.2) is 22.7 Å². The minimum absolute atomic E-state index is 0.192. The molecule has 2 N–H and O–H groups in total. The maximum absolute atomic E-state index is 5.80. The molecule has 0 radical (unpaired) electrons. The van der Waals surface area contributed by atoms with Gasteiger partial charge in [-0.15, -0.1) is 0 Å². The molecule has 174 valence electrons. The van der Waals surface area contributed by atoms with Gasteiger partial charge in [0.15, 0.2) is 0 Å². The smallest absolute Gasteiger partial charge is 0.145 e. The number of aromatic nitrogens is 6. The molecule has 1 aliphatic rings. The van der Waals surface area contributed by atoms with Gasteiger partial charge in [0.05, 0.1) is 29.4 Å². The van der Waals surface area contributed by atoms with Crippen molar-refractivity contribution in [2.24, 2.45) is 7.05 Å². The van der Waals surface area contributed by atoms with Crippen molar-refractivity contribution in [3.8, 4) is 16.9 Å². The fourth-order valence-corrected chi connectivity index (χ4v) is 4.70. The van der Waals surface area contributed by atoms with Crippen LogP contribution in [-0.4, -0.2) is 37.0 Å². The van der Waals surface area contributed by atoms with Crippen molar-refractivity contribution < 1.29 is 9.26 Å². The first kappa shape index (κ1) is 20.7. The first-order valence-corrected chi connectivity index (χ1v) is 11.4. The van der Waals surface area contributed by atoms with Crippen molar-refractivity contribution in [3.05, 3.63) is 41.2 Å². The molecule has 4 heterocycles. The van der Waals surface area contributed by atoms with Crippen molar-refractivity contribution in [3.63, 3.8) is 0 Å². The molecular weight excluding hydrogens is 430 g/mol. The maximum Gasteiger partial charge on any atom is 0.145 e. The number of aromatic amines is 1. The highest BCUT2D eigenvalue weighted by atomic mass is 16.5. The Morgan fingerprint density at radius 1 is 1.15 bits per heavy atom. The predicted molar refractivity (Wildman–Crippen MR) is 131 cm³/mol. The SMILES string of the molecule is COc1cc2c(cc1-c1c(C)noc1C)[nH]c1nc(C)nc(Nc3cc(C4(C)CC4)nn3C)c12. The molecule has 9 heteroatoms. The Morgan fingerprint density at radius 2 is 1.94 bits per heavy atom. The second-order valence-electron chi connectivity index (χ2n) is 9.49. The van der Waals surface area contributed by atoms with E-state index < -0.39 is 0 Å². The van der Waals surface area contributed by atoms with Crippen molar-refractivity contribution in [1.82, 2.24) is 29.9 Å². The fourth-order valence-electron chi connectivity index (χ4n) is 4.70. The van der Waals surface area contributed by atoms with Crippen LogP contribution in [0.25, 0.3) is 33.1 Å². The van der Waals surface area contributed by atoms with Crippen LogP contribution in [0.2, 0.25) is 0 Å². The number of methoxy groups -OCH3 is 1. The summed E-state index contributed by atoms with van der Waals surface area (Å²) in [6.07, 6.45) is 2.35. The number of fused-ring (bicyclic) bond motifs is 3. The number of rotatable bonds is 5. The number of hydrogen-bond acceptors (Lipinski definition) is 7. The Kier molecular flexibility index (Phi) is 4.30. The molecule has 0 saturated heterocycles. The van der Waals surface area contributed by atoms with Crippen LogP contribution in [0.1, 0.15) is 42.7 Å². The standard InChI is InChI=1S/C25H27N7O2/c1-12-21(13(2)34-31-12)16-9-17-15(10-18(16)33-6)22-23(28-17)26-14(3)27-24(22)29-20-11-19(30-32(20)5)25(4)7-8-25/h9-11H,7-8H2,1-6H3,(H2,26,27,28,29). The zero-order valence-electron chi connectivity index (χ0n) is 20.2. The van der Waals surface area contributed by atoms with Crippen molar-refractivity contribution in [1.29, 1.82) is 0 Å². The lowest BCUT2D eigenvalue weighted by atomic mass is 10.0. The van der Waals surface area contributed by atoms with E-state index in [1.165, 1.54) is 12.8 Å². The van der Waals surface area contributed by atoms with E-state index in [1.807, 2.05) is 38.6 Å². The molecule has 0 atom stereocenters. The third kappa shape index (κ3) is 3.07. The molecule has 5 aromatic rings. The lowest BCUT2D eigenvalue weighted by Crippen LogP contribution is -2.03. The Bertz CT molecular complexity index is 1570. The Morgan fingerprint density at radius 3 is 2.62 bits per heavy atom. The van der Waals surface area contributed by atoms with Gasteiger partial charge < -0.3 is 19.6 Å². The van der Waals surface area contributed by atoms with Crippen LogP contribution in [-0.2, 0) is 12.5 Å². The number of nitrogens with zero attached hydrogens (tertiary/aromatic N) is 5. The molecule has 0 spiro atoms. The summed E-state index contributed by atoms with van der Waals surface area (Å²) in [5, 5.41) is 14.3. The quantitative estimate of drug-likeness (QED) is 0.372. The number of ether oxygens (including phenoxy) is 1. The topological polar surface area (TPSA) is 107 Å². The monoisotopic (exact) mass is 457 g/mol. The molecule has 6 rings (SSSR count). The van der Waals surface area contributed by atoms with Gasteiger partial charge in [0.2, 0.25) is 0 Å². The molecule has 0 bridgehead atoms. The van der Waals surface area contributed by atoms with Crippen LogP contribution in [0.5, 0.6) is 5.75 Å². The van der Waals surface area contributed by atoms with E-state index in [9.17, 15) is 0 Å². The largest absolute Gasteiger partial charge is 0.496 e. The third-order valence-corrected chi connectivity index (χ3v) is 6.93. The van der Waals surface area contributed by atoms with Gasteiger partial charge in [0, 0.05) is 35.0 Å². The van der Waals surface area contributed by atoms with Gasteiger partial charge in [-0.3, -0.25) is 4.68 Å². The second-order valence-corrected chi connectivity index (χ2v) is 9.49. The molecule has 9 nitrogen and oxygen atoms in total. The maximum atomic E-state index is 5.80. The number of H-pyrrole nitrogens is 1. The molecule has 4 aromatic heterocycles. The average molecular weight is 458 g/mol. The molecule has 1 aliphatic carbocycles.